The first-order chi connectivity index (χ1) is 2.50. The van der Waals surface area contributed by atoms with Crippen LogP contribution in [0.2, 0.25) is 0 Å². The highest BCUT2D eigenvalue weighted by molar-refractivity contribution is 4.54. The van der Waals surface area contributed by atoms with Crippen molar-refractivity contribution in [2.75, 3.05) is 0 Å². The Hall–Kier alpha value is -0.700. The van der Waals surface area contributed by atoms with E-state index in [0.717, 1.165) is 0 Å². The molecule has 3 heteroatoms. The molecule has 3 nitrogen and oxygen atoms in total. The van der Waals surface area contributed by atoms with Gasteiger partial charge in [0, 0.05) is 0 Å². The van der Waals surface area contributed by atoms with Crippen LogP contribution in [0.4, 0.5) is 0 Å². The van der Waals surface area contributed by atoms with E-state index in [0.29, 0.717) is 0 Å². The molecule has 0 unspecified atom stereocenters. The van der Waals surface area contributed by atoms with Gasteiger partial charge in [0.2, 0.25) is 0 Å². The molecule has 1 rings (SSSR count). The molecule has 0 spiro atoms. The van der Waals surface area contributed by atoms with Crippen LogP contribution in [0.3, 0.4) is 0 Å². The Bertz CT molecular complexity index is 45.6. The van der Waals surface area contributed by atoms with Crippen LogP contribution in [0.5, 0.6) is 0 Å². The molecule has 0 aliphatic carbocycles. The van der Waals surface area contributed by atoms with Crippen molar-refractivity contribution in [3.8, 4) is 0 Å². The van der Waals surface area contributed by atoms with E-state index in [9.17, 15) is 0 Å². The van der Waals surface area contributed by atoms with Gasteiger partial charge >= 0.3 is 0 Å². The van der Waals surface area contributed by atoms with E-state index in [1.54, 1.807) is 0 Å². The second kappa shape index (κ2) is 0.944. The molecule has 0 amide bonds. The molecular formula is C2H2NO2. The molecule has 5 heavy (non-hydrogen) atoms. The summed E-state index contributed by atoms with van der Waals surface area (Å²) in [6.45, 7) is 0. The Morgan fingerprint density at radius 2 is 2.80 bits per heavy atom. The summed E-state index contributed by atoms with van der Waals surface area (Å²) in [5, 5.41) is 0. The van der Waals surface area contributed by atoms with Crippen LogP contribution < -0.4 is 5.48 Å². The average molecular weight is 72.0 g/mol. The summed E-state index contributed by atoms with van der Waals surface area (Å²) in [5.41, 5.74) is 2.19. The first-order valence-corrected chi connectivity index (χ1v) is 1.15. The van der Waals surface area contributed by atoms with Gasteiger partial charge in [-0.1, -0.05) is 4.99 Å². The molecule has 0 saturated carbocycles. The lowest BCUT2D eigenvalue weighted by Gasteiger charge is -1.80. The molecule has 0 saturated heterocycles. The summed E-state index contributed by atoms with van der Waals surface area (Å²) in [6.07, 6.45) is 3.68. The van der Waals surface area contributed by atoms with Crippen molar-refractivity contribution in [2.24, 2.45) is 0 Å². The summed E-state index contributed by atoms with van der Waals surface area (Å²) in [4.78, 5) is 8.12. The molecule has 0 aromatic rings. The molecule has 27 valence electrons. The average Bonchev–Trinajstić information content (AvgIpc) is 1.76. The Balaban J connectivity index is 2.32. The van der Waals surface area contributed by atoms with Crippen molar-refractivity contribution in [1.82, 2.24) is 5.48 Å². The third-order valence-electron chi connectivity index (χ3n) is 0.256. The molecule has 0 aromatic heterocycles. The van der Waals surface area contributed by atoms with Gasteiger partial charge in [0.15, 0.2) is 6.26 Å². The van der Waals surface area contributed by atoms with Crippen LogP contribution in [-0.4, -0.2) is 0 Å². The lowest BCUT2D eigenvalue weighted by atomic mass is 11.0. The monoisotopic (exact) mass is 72.0 g/mol. The van der Waals surface area contributed by atoms with Crippen molar-refractivity contribution in [1.29, 1.82) is 0 Å². The molecule has 0 atom stereocenters. The minimum Gasteiger partial charge on any atom is -0.320 e. The summed E-state index contributed by atoms with van der Waals surface area (Å²) >= 11 is 0. The van der Waals surface area contributed by atoms with Gasteiger partial charge in [-0.05, 0) is 0 Å². The summed E-state index contributed by atoms with van der Waals surface area (Å²) in [7, 11) is 0. The van der Waals surface area contributed by atoms with Gasteiger partial charge in [0.05, 0.1) is 0 Å². The molecular weight excluding hydrogens is 70.0 g/mol. The molecule has 1 radical (unpaired) electrons. The fraction of sp³-hybridized carbons (Fsp3) is 0. The summed E-state index contributed by atoms with van der Waals surface area (Å²) < 4.78 is 0. The smallest absolute Gasteiger partial charge is 0.160 e. The predicted octanol–water partition coefficient (Wildman–Crippen LogP) is -0.273. The number of nitrogens with one attached hydrogen (secondary N) is 1. The zero-order chi connectivity index (χ0) is 3.54. The van der Waals surface area contributed by atoms with Crippen LogP contribution >= 0.6 is 0 Å². The van der Waals surface area contributed by atoms with Gasteiger partial charge in [0.1, 0.15) is 6.20 Å². The van der Waals surface area contributed by atoms with Crippen molar-refractivity contribution in [3.63, 3.8) is 0 Å². The maximum Gasteiger partial charge on any atom is 0.160 e. The van der Waals surface area contributed by atoms with Crippen LogP contribution in [0, 0.1) is 6.20 Å². The van der Waals surface area contributed by atoms with Crippen LogP contribution in [-0.2, 0) is 9.88 Å². The molecule has 1 aliphatic heterocycles. The first-order valence-electron chi connectivity index (χ1n) is 1.15. The third kappa shape index (κ3) is 0.302. The van der Waals surface area contributed by atoms with Gasteiger partial charge < -0.3 is 4.89 Å². The lowest BCUT2D eigenvalue weighted by Crippen LogP contribution is -1.95. The van der Waals surface area contributed by atoms with Crippen molar-refractivity contribution >= 4 is 0 Å². The van der Waals surface area contributed by atoms with E-state index in [4.69, 9.17) is 0 Å². The predicted molar refractivity (Wildman–Crippen MR) is 13.1 cm³/mol. The number of hydrogen-bond donors (Lipinski definition) is 1. The van der Waals surface area contributed by atoms with Crippen LogP contribution in [0.25, 0.3) is 0 Å². The van der Waals surface area contributed by atoms with Crippen molar-refractivity contribution in [3.05, 3.63) is 12.5 Å². The van der Waals surface area contributed by atoms with Crippen LogP contribution in [0.1, 0.15) is 0 Å². The minimum atomic E-state index is 1.28. The highest BCUT2D eigenvalue weighted by atomic mass is 17.3. The van der Waals surface area contributed by atoms with E-state index in [1.807, 2.05) is 0 Å². The Morgan fingerprint density at radius 3 is 3.00 bits per heavy atom. The van der Waals surface area contributed by atoms with Crippen LogP contribution in [0.15, 0.2) is 6.26 Å². The largest absolute Gasteiger partial charge is 0.320 e. The van der Waals surface area contributed by atoms with Gasteiger partial charge in [0.25, 0.3) is 0 Å². The second-order valence-corrected chi connectivity index (χ2v) is 0.544. The van der Waals surface area contributed by atoms with Gasteiger partial charge in [-0.2, -0.15) is 0 Å². The van der Waals surface area contributed by atoms with Crippen molar-refractivity contribution in [2.45, 2.75) is 0 Å². The number of rotatable bonds is 0. The third-order valence-corrected chi connectivity index (χ3v) is 0.256. The van der Waals surface area contributed by atoms with Gasteiger partial charge in [-0.3, -0.25) is 0 Å². The second-order valence-electron chi connectivity index (χ2n) is 0.544. The number of hydrogen-bond acceptors (Lipinski definition) is 3. The molecule has 1 heterocycles. The first kappa shape index (κ1) is 2.53. The zero-order valence-corrected chi connectivity index (χ0v) is 2.39. The summed E-state index contributed by atoms with van der Waals surface area (Å²) in [5.74, 6) is 0. The molecule has 0 fully saturated rings. The van der Waals surface area contributed by atoms with E-state index in [1.165, 1.54) is 6.26 Å². The molecule has 1 aliphatic rings. The Labute approximate surface area is 29.1 Å². The normalized spacial score (nSPS) is 17.6. The van der Waals surface area contributed by atoms with Gasteiger partial charge in [-0.15, -0.1) is 0 Å². The highest BCUT2D eigenvalue weighted by Crippen LogP contribution is 1.79. The fourth-order valence-electron chi connectivity index (χ4n) is 0.120. The van der Waals surface area contributed by atoms with E-state index in [-0.39, 0.29) is 0 Å². The van der Waals surface area contributed by atoms with Crippen molar-refractivity contribution < 1.29 is 9.88 Å². The number of hydroxylamine groups is 1. The van der Waals surface area contributed by atoms with E-state index in [2.05, 4.69) is 21.6 Å². The lowest BCUT2D eigenvalue weighted by molar-refractivity contribution is -0.265. The topological polar surface area (TPSA) is 30.5 Å². The van der Waals surface area contributed by atoms with E-state index >= 15 is 0 Å². The van der Waals surface area contributed by atoms with Gasteiger partial charge in [-0.25, -0.2) is 5.48 Å². The maximum atomic E-state index is 4.10. The Morgan fingerprint density at radius 1 is 1.80 bits per heavy atom. The molecule has 1 N–H and O–H groups in total. The molecule has 0 bridgehead atoms. The summed E-state index contributed by atoms with van der Waals surface area (Å²) in [6, 6.07) is 0. The Kier molecular flexibility index (Phi) is 0.478. The quantitative estimate of drug-likeness (QED) is 0.399. The molecule has 0 aromatic carbocycles. The SMILES string of the molecule is [C]1=COON1. The standard InChI is InChI=1S/C2H2NO2/c1-2-4-5-3-1/h2-3H. The highest BCUT2D eigenvalue weighted by Gasteiger charge is 1.83. The minimum absolute atomic E-state index is 1.28. The zero-order valence-electron chi connectivity index (χ0n) is 2.39. The fourth-order valence-corrected chi connectivity index (χ4v) is 0.120. The maximum absolute atomic E-state index is 4.10. The van der Waals surface area contributed by atoms with E-state index < -0.39 is 0 Å².